The van der Waals surface area contributed by atoms with Gasteiger partial charge in [0.15, 0.2) is 5.60 Å². The number of aromatic nitrogens is 5. The summed E-state index contributed by atoms with van der Waals surface area (Å²) >= 11 is 0. The van der Waals surface area contributed by atoms with Crippen molar-refractivity contribution in [2.24, 2.45) is 0 Å². The average molecular weight is 439 g/mol. The minimum absolute atomic E-state index is 0.528. The van der Waals surface area contributed by atoms with Gasteiger partial charge in [0.2, 0.25) is 0 Å². The lowest BCUT2D eigenvalue weighted by Crippen LogP contribution is -2.48. The van der Waals surface area contributed by atoms with Crippen LogP contribution in [0, 0.1) is 19.7 Å². The quantitative estimate of drug-likeness (QED) is 0.488. The number of aryl methyl sites for hydroxylation is 2. The average Bonchev–Trinajstić information content (AvgIpc) is 3.27. The van der Waals surface area contributed by atoms with Crippen molar-refractivity contribution in [1.29, 1.82) is 0 Å². The SMILES string of the molecule is Cc1ccc(-c2ccc(C(F)(F)[C@@](O)(Cn3cnnn3)c3ccc(C)cc3F)nc2)cc1. The third-order valence-electron chi connectivity index (χ3n) is 5.34. The molecule has 164 valence electrons. The molecule has 0 spiro atoms. The highest BCUT2D eigenvalue weighted by atomic mass is 19.3. The van der Waals surface area contributed by atoms with E-state index in [2.05, 4.69) is 20.5 Å². The van der Waals surface area contributed by atoms with Crippen LogP contribution < -0.4 is 0 Å². The van der Waals surface area contributed by atoms with E-state index in [0.29, 0.717) is 11.1 Å². The molecule has 2 aromatic carbocycles. The summed E-state index contributed by atoms with van der Waals surface area (Å²) in [5.74, 6) is -4.93. The summed E-state index contributed by atoms with van der Waals surface area (Å²) in [5.41, 5.74) is -1.24. The van der Waals surface area contributed by atoms with Gasteiger partial charge >= 0.3 is 5.92 Å². The summed E-state index contributed by atoms with van der Waals surface area (Å²) in [6, 6.07) is 13.8. The first-order chi connectivity index (χ1) is 15.2. The molecule has 0 saturated carbocycles. The second kappa shape index (κ2) is 8.16. The molecule has 0 saturated heterocycles. The molecule has 2 aromatic heterocycles. The third kappa shape index (κ3) is 3.87. The van der Waals surface area contributed by atoms with Crippen LogP contribution in [0.4, 0.5) is 13.2 Å². The number of pyridine rings is 1. The largest absolute Gasteiger partial charge is 0.377 e. The number of benzene rings is 2. The molecule has 0 aliphatic heterocycles. The van der Waals surface area contributed by atoms with Gasteiger partial charge in [-0.1, -0.05) is 48.0 Å². The van der Waals surface area contributed by atoms with E-state index in [9.17, 15) is 9.50 Å². The zero-order valence-corrected chi connectivity index (χ0v) is 17.4. The molecule has 2 heterocycles. The molecular weight excluding hydrogens is 419 g/mol. The van der Waals surface area contributed by atoms with Crippen molar-refractivity contribution in [3.63, 3.8) is 0 Å². The molecule has 0 aliphatic carbocycles. The molecule has 0 radical (unpaired) electrons. The van der Waals surface area contributed by atoms with Crippen molar-refractivity contribution in [2.75, 3.05) is 0 Å². The number of hydrogen-bond acceptors (Lipinski definition) is 5. The maximum absolute atomic E-state index is 15.8. The summed E-state index contributed by atoms with van der Waals surface area (Å²) in [7, 11) is 0. The minimum Gasteiger partial charge on any atom is -0.377 e. The fourth-order valence-electron chi connectivity index (χ4n) is 3.50. The van der Waals surface area contributed by atoms with Crippen LogP contribution in [0.1, 0.15) is 22.4 Å². The first-order valence-electron chi connectivity index (χ1n) is 9.82. The summed E-state index contributed by atoms with van der Waals surface area (Å²) in [6.45, 7) is 2.78. The second-order valence-corrected chi connectivity index (χ2v) is 7.72. The Kier molecular flexibility index (Phi) is 5.52. The maximum atomic E-state index is 15.8. The summed E-state index contributed by atoms with van der Waals surface area (Å²) in [4.78, 5) is 3.92. The van der Waals surface area contributed by atoms with Gasteiger partial charge in [-0.3, -0.25) is 4.98 Å². The monoisotopic (exact) mass is 439 g/mol. The summed E-state index contributed by atoms with van der Waals surface area (Å²) in [6.07, 6.45) is 2.37. The zero-order valence-electron chi connectivity index (χ0n) is 17.4. The van der Waals surface area contributed by atoms with E-state index in [1.54, 1.807) is 6.92 Å². The number of halogens is 3. The molecule has 0 fully saturated rings. The number of alkyl halides is 2. The maximum Gasteiger partial charge on any atom is 0.323 e. The Morgan fingerprint density at radius 1 is 0.938 bits per heavy atom. The molecule has 32 heavy (non-hydrogen) atoms. The van der Waals surface area contributed by atoms with E-state index >= 15 is 8.78 Å². The topological polar surface area (TPSA) is 76.7 Å². The molecule has 0 bridgehead atoms. The number of aliphatic hydroxyl groups is 1. The Morgan fingerprint density at radius 2 is 1.62 bits per heavy atom. The van der Waals surface area contributed by atoms with Crippen LogP contribution in [0.15, 0.2) is 67.1 Å². The van der Waals surface area contributed by atoms with Crippen molar-refractivity contribution in [2.45, 2.75) is 31.9 Å². The van der Waals surface area contributed by atoms with Gasteiger partial charge < -0.3 is 5.11 Å². The fraction of sp³-hybridized carbons (Fsp3) is 0.217. The molecule has 0 aliphatic rings. The lowest BCUT2D eigenvalue weighted by Gasteiger charge is -2.35. The highest BCUT2D eigenvalue weighted by molar-refractivity contribution is 5.62. The lowest BCUT2D eigenvalue weighted by molar-refractivity contribution is -0.207. The highest BCUT2D eigenvalue weighted by Gasteiger charge is 2.57. The van der Waals surface area contributed by atoms with Crippen molar-refractivity contribution in [1.82, 2.24) is 25.2 Å². The van der Waals surface area contributed by atoms with Gasteiger partial charge in [0.1, 0.15) is 17.8 Å². The zero-order chi connectivity index (χ0) is 22.9. The van der Waals surface area contributed by atoms with Gasteiger partial charge in [-0.15, -0.1) is 5.10 Å². The molecule has 4 aromatic rings. The predicted octanol–water partition coefficient (Wildman–Crippen LogP) is 4.17. The number of nitrogens with zero attached hydrogens (tertiary/aromatic N) is 5. The van der Waals surface area contributed by atoms with Crippen molar-refractivity contribution in [3.8, 4) is 11.1 Å². The molecule has 9 heteroatoms. The summed E-state index contributed by atoms with van der Waals surface area (Å²) < 4.78 is 47.3. The Hall–Kier alpha value is -3.59. The van der Waals surface area contributed by atoms with E-state index < -0.39 is 35.1 Å². The molecule has 1 atom stereocenters. The van der Waals surface area contributed by atoms with E-state index in [-0.39, 0.29) is 0 Å². The van der Waals surface area contributed by atoms with Gasteiger partial charge in [-0.05, 0) is 47.5 Å². The fourth-order valence-corrected chi connectivity index (χ4v) is 3.50. The lowest BCUT2D eigenvalue weighted by atomic mass is 9.84. The molecule has 1 N–H and O–H groups in total. The van der Waals surface area contributed by atoms with Crippen LogP contribution in [0.25, 0.3) is 11.1 Å². The third-order valence-corrected chi connectivity index (χ3v) is 5.34. The van der Waals surface area contributed by atoms with Gasteiger partial charge in [0.05, 0.1) is 6.54 Å². The Bertz CT molecular complexity index is 1210. The van der Waals surface area contributed by atoms with Gasteiger partial charge in [0.25, 0.3) is 0 Å². The molecule has 4 rings (SSSR count). The molecule has 0 unspecified atom stereocenters. The van der Waals surface area contributed by atoms with Crippen LogP contribution in [0.5, 0.6) is 0 Å². The Morgan fingerprint density at radius 3 is 2.22 bits per heavy atom. The summed E-state index contributed by atoms with van der Waals surface area (Å²) in [5, 5.41) is 21.7. The van der Waals surface area contributed by atoms with E-state index in [0.717, 1.165) is 40.3 Å². The van der Waals surface area contributed by atoms with Crippen LogP contribution >= 0.6 is 0 Å². The Balaban J connectivity index is 1.78. The van der Waals surface area contributed by atoms with E-state index in [4.69, 9.17) is 0 Å². The van der Waals surface area contributed by atoms with E-state index in [1.165, 1.54) is 18.3 Å². The minimum atomic E-state index is -3.97. The standard InChI is InChI=1S/C23H20F3N5O/c1-15-3-6-17(7-4-15)18-8-10-21(27-12-18)23(25,26)22(32,13-31-14-28-29-30-31)19-9-5-16(2)11-20(19)24/h3-12,14,32H,13H2,1-2H3/t22-/m1/s1. The van der Waals surface area contributed by atoms with Crippen molar-refractivity contribution in [3.05, 3.63) is 95.3 Å². The molecular formula is C23H20F3N5O. The normalized spacial score (nSPS) is 13.7. The van der Waals surface area contributed by atoms with Gasteiger partial charge in [0, 0.05) is 17.3 Å². The van der Waals surface area contributed by atoms with Gasteiger partial charge in [-0.2, -0.15) is 8.78 Å². The van der Waals surface area contributed by atoms with Crippen LogP contribution in [-0.2, 0) is 18.1 Å². The number of hydrogen-bond donors (Lipinski definition) is 1. The first-order valence-corrected chi connectivity index (χ1v) is 9.82. The number of tetrazole rings is 1. The smallest absolute Gasteiger partial charge is 0.323 e. The highest BCUT2D eigenvalue weighted by Crippen LogP contribution is 2.46. The van der Waals surface area contributed by atoms with E-state index in [1.807, 2.05) is 31.2 Å². The van der Waals surface area contributed by atoms with Crippen molar-refractivity contribution < 1.29 is 18.3 Å². The first kappa shape index (κ1) is 21.6. The Labute approximate surface area is 182 Å². The van der Waals surface area contributed by atoms with Crippen LogP contribution in [0.3, 0.4) is 0 Å². The second-order valence-electron chi connectivity index (χ2n) is 7.72. The number of rotatable bonds is 6. The molecule has 0 amide bonds. The van der Waals surface area contributed by atoms with Crippen LogP contribution in [-0.4, -0.2) is 30.3 Å². The van der Waals surface area contributed by atoms with Crippen molar-refractivity contribution >= 4 is 0 Å². The van der Waals surface area contributed by atoms with Gasteiger partial charge in [-0.25, -0.2) is 9.07 Å². The predicted molar refractivity (Wildman–Crippen MR) is 111 cm³/mol. The molecule has 6 nitrogen and oxygen atoms in total. The van der Waals surface area contributed by atoms with Crippen LogP contribution in [0.2, 0.25) is 0 Å².